The van der Waals surface area contributed by atoms with Gasteiger partial charge in [0.15, 0.2) is 0 Å². The molecule has 0 spiro atoms. The van der Waals surface area contributed by atoms with E-state index in [-0.39, 0.29) is 17.5 Å². The summed E-state index contributed by atoms with van der Waals surface area (Å²) in [6.07, 6.45) is 6.21. The third-order valence-electron chi connectivity index (χ3n) is 6.31. The second-order valence-corrected chi connectivity index (χ2v) is 8.44. The molecular weight excluding hydrogens is 358 g/mol. The van der Waals surface area contributed by atoms with Gasteiger partial charge >= 0.3 is 0 Å². The standard InChI is InChI=1S/C25H31N3O/c1-16-10-11-23(12-18(16)3)28-19(4)13-21(20(28)5)14-22(15-26)25(29)27-24-9-7-6-8-17(24)2/h10-14,17,24H,6-9H2,1-5H3,(H,27,29)/b22-14+/t17-,24+/m0/s1. The molecule has 1 amide bonds. The van der Waals surface area contributed by atoms with Crippen LogP contribution >= 0.6 is 0 Å². The molecule has 1 saturated carbocycles. The van der Waals surface area contributed by atoms with Crippen molar-refractivity contribution in [3.63, 3.8) is 0 Å². The Hall–Kier alpha value is -2.80. The number of hydrogen-bond acceptors (Lipinski definition) is 2. The zero-order chi connectivity index (χ0) is 21.1. The van der Waals surface area contributed by atoms with Crippen molar-refractivity contribution in [1.82, 2.24) is 9.88 Å². The third kappa shape index (κ3) is 4.45. The van der Waals surface area contributed by atoms with Crippen LogP contribution in [0.2, 0.25) is 0 Å². The Morgan fingerprint density at radius 2 is 1.86 bits per heavy atom. The largest absolute Gasteiger partial charge is 0.348 e. The summed E-state index contributed by atoms with van der Waals surface area (Å²) in [6.45, 7) is 10.5. The van der Waals surface area contributed by atoms with E-state index < -0.39 is 0 Å². The maximum atomic E-state index is 12.7. The van der Waals surface area contributed by atoms with E-state index in [2.05, 4.69) is 61.8 Å². The Morgan fingerprint density at radius 1 is 1.14 bits per heavy atom. The van der Waals surface area contributed by atoms with E-state index in [1.54, 1.807) is 6.08 Å². The summed E-state index contributed by atoms with van der Waals surface area (Å²) in [5.41, 5.74) is 6.78. The molecule has 1 aromatic heterocycles. The van der Waals surface area contributed by atoms with Crippen molar-refractivity contribution >= 4 is 12.0 Å². The summed E-state index contributed by atoms with van der Waals surface area (Å²) in [4.78, 5) is 12.7. The highest BCUT2D eigenvalue weighted by atomic mass is 16.1. The summed E-state index contributed by atoms with van der Waals surface area (Å²) < 4.78 is 2.17. The van der Waals surface area contributed by atoms with Crippen molar-refractivity contribution in [3.05, 3.63) is 57.9 Å². The first-order chi connectivity index (χ1) is 13.8. The molecule has 0 unspecified atom stereocenters. The second kappa shape index (κ2) is 8.69. The number of carbonyl (C=O) groups excluding carboxylic acids is 1. The van der Waals surface area contributed by atoms with Crippen LogP contribution < -0.4 is 5.32 Å². The molecule has 0 aliphatic heterocycles. The molecule has 0 radical (unpaired) electrons. The third-order valence-corrected chi connectivity index (χ3v) is 6.31. The van der Waals surface area contributed by atoms with Crippen molar-refractivity contribution in [2.75, 3.05) is 0 Å². The van der Waals surface area contributed by atoms with E-state index in [1.165, 1.54) is 17.5 Å². The molecule has 1 aliphatic carbocycles. The van der Waals surface area contributed by atoms with Gasteiger partial charge in [0.1, 0.15) is 11.6 Å². The van der Waals surface area contributed by atoms with Crippen LogP contribution in [0.1, 0.15) is 60.7 Å². The van der Waals surface area contributed by atoms with Gasteiger partial charge in [0.25, 0.3) is 5.91 Å². The van der Waals surface area contributed by atoms with Crippen LogP contribution in [0.15, 0.2) is 29.8 Å². The Labute approximate surface area is 174 Å². The van der Waals surface area contributed by atoms with Crippen molar-refractivity contribution < 1.29 is 4.79 Å². The van der Waals surface area contributed by atoms with Gasteiger partial charge in [0.2, 0.25) is 0 Å². The van der Waals surface area contributed by atoms with Crippen LogP contribution in [-0.4, -0.2) is 16.5 Å². The number of rotatable bonds is 4. The fourth-order valence-corrected chi connectivity index (χ4v) is 4.28. The summed E-state index contributed by atoms with van der Waals surface area (Å²) in [6, 6.07) is 10.7. The van der Waals surface area contributed by atoms with Crippen molar-refractivity contribution in [3.8, 4) is 11.8 Å². The first kappa shape index (κ1) is 20.9. The number of hydrogen-bond donors (Lipinski definition) is 1. The second-order valence-electron chi connectivity index (χ2n) is 8.44. The molecule has 2 atom stereocenters. The summed E-state index contributed by atoms with van der Waals surface area (Å²) in [7, 11) is 0. The van der Waals surface area contributed by atoms with Gasteiger partial charge in [0, 0.05) is 23.1 Å². The highest BCUT2D eigenvalue weighted by Crippen LogP contribution is 2.26. The zero-order valence-corrected chi connectivity index (χ0v) is 18.2. The van der Waals surface area contributed by atoms with Gasteiger partial charge in [-0.05, 0) is 87.4 Å². The number of nitriles is 1. The van der Waals surface area contributed by atoms with E-state index in [1.807, 2.05) is 13.0 Å². The summed E-state index contributed by atoms with van der Waals surface area (Å²) in [5.74, 6) is 0.199. The van der Waals surface area contributed by atoms with Gasteiger partial charge in [0.05, 0.1) is 0 Å². The Morgan fingerprint density at radius 3 is 2.52 bits per heavy atom. The molecule has 4 heteroatoms. The smallest absolute Gasteiger partial charge is 0.262 e. The number of aryl methyl sites for hydroxylation is 3. The number of nitrogens with one attached hydrogen (secondary N) is 1. The monoisotopic (exact) mass is 389 g/mol. The van der Waals surface area contributed by atoms with Gasteiger partial charge < -0.3 is 9.88 Å². The molecule has 1 heterocycles. The van der Waals surface area contributed by atoms with Gasteiger partial charge in [-0.1, -0.05) is 25.8 Å². The minimum Gasteiger partial charge on any atom is -0.348 e. The van der Waals surface area contributed by atoms with Crippen LogP contribution in [0.4, 0.5) is 0 Å². The maximum Gasteiger partial charge on any atom is 0.262 e. The number of benzene rings is 1. The molecule has 1 aliphatic rings. The molecular formula is C25H31N3O. The normalized spacial score (nSPS) is 19.7. The van der Waals surface area contributed by atoms with Crippen molar-refractivity contribution in [2.45, 2.75) is 66.3 Å². The molecule has 152 valence electrons. The molecule has 29 heavy (non-hydrogen) atoms. The highest BCUT2D eigenvalue weighted by Gasteiger charge is 2.24. The maximum absolute atomic E-state index is 12.7. The van der Waals surface area contributed by atoms with Crippen LogP contribution in [0.5, 0.6) is 0 Å². The molecule has 4 nitrogen and oxygen atoms in total. The zero-order valence-electron chi connectivity index (χ0n) is 18.2. The lowest BCUT2D eigenvalue weighted by Crippen LogP contribution is -2.41. The first-order valence-electron chi connectivity index (χ1n) is 10.5. The molecule has 1 N–H and O–H groups in total. The SMILES string of the molecule is Cc1ccc(-n2c(C)cc(/C=C(\C#N)C(=O)N[C@@H]3CCCC[C@@H]3C)c2C)cc1C. The quantitative estimate of drug-likeness (QED) is 0.569. The minimum atomic E-state index is -0.262. The topological polar surface area (TPSA) is 57.8 Å². The molecule has 0 saturated heterocycles. The lowest BCUT2D eigenvalue weighted by atomic mass is 9.86. The average molecular weight is 390 g/mol. The first-order valence-corrected chi connectivity index (χ1v) is 10.5. The number of carbonyl (C=O) groups is 1. The number of aromatic nitrogens is 1. The van der Waals surface area contributed by atoms with E-state index in [0.29, 0.717) is 5.92 Å². The van der Waals surface area contributed by atoms with Gasteiger partial charge in [-0.15, -0.1) is 0 Å². The average Bonchev–Trinajstić information content (AvgIpc) is 2.97. The molecule has 3 rings (SSSR count). The summed E-state index contributed by atoms with van der Waals surface area (Å²) >= 11 is 0. The van der Waals surface area contributed by atoms with Crippen LogP contribution in [0, 0.1) is 44.9 Å². The van der Waals surface area contributed by atoms with Gasteiger partial charge in [-0.2, -0.15) is 5.26 Å². The predicted molar refractivity (Wildman–Crippen MR) is 118 cm³/mol. The van der Waals surface area contributed by atoms with E-state index in [4.69, 9.17) is 0 Å². The molecule has 0 bridgehead atoms. The van der Waals surface area contributed by atoms with Crippen molar-refractivity contribution in [1.29, 1.82) is 5.26 Å². The summed E-state index contributed by atoms with van der Waals surface area (Å²) in [5, 5.41) is 12.7. The van der Waals surface area contributed by atoms with Crippen LogP contribution in [-0.2, 0) is 4.79 Å². The fraction of sp³-hybridized carbons (Fsp3) is 0.440. The van der Waals surface area contributed by atoms with Gasteiger partial charge in [-0.25, -0.2) is 0 Å². The van der Waals surface area contributed by atoms with Crippen LogP contribution in [0.3, 0.4) is 0 Å². The van der Waals surface area contributed by atoms with E-state index in [9.17, 15) is 10.1 Å². The Balaban J connectivity index is 1.89. The molecule has 2 aromatic rings. The number of nitrogens with zero attached hydrogens (tertiary/aromatic N) is 2. The fourth-order valence-electron chi connectivity index (χ4n) is 4.28. The van der Waals surface area contributed by atoms with Crippen LogP contribution in [0.25, 0.3) is 11.8 Å². The molecule has 1 fully saturated rings. The highest BCUT2D eigenvalue weighted by molar-refractivity contribution is 6.02. The lowest BCUT2D eigenvalue weighted by molar-refractivity contribution is -0.118. The minimum absolute atomic E-state index is 0.163. The predicted octanol–water partition coefficient (Wildman–Crippen LogP) is 5.31. The van der Waals surface area contributed by atoms with E-state index >= 15 is 0 Å². The van der Waals surface area contributed by atoms with E-state index in [0.717, 1.165) is 41.9 Å². The lowest BCUT2D eigenvalue weighted by Gasteiger charge is -2.29. The number of amides is 1. The molecule has 1 aromatic carbocycles. The Bertz CT molecular complexity index is 990. The van der Waals surface area contributed by atoms with Gasteiger partial charge in [-0.3, -0.25) is 4.79 Å². The Kier molecular flexibility index (Phi) is 6.27. The van der Waals surface area contributed by atoms with Crippen molar-refractivity contribution in [2.24, 2.45) is 5.92 Å².